The molecule has 4 rings (SSSR count). The zero-order valence-electron chi connectivity index (χ0n) is 64.5. The third-order valence-corrected chi connectivity index (χ3v) is 29.0. The molecule has 3 N–H and O–H groups in total. The third-order valence-electron chi connectivity index (χ3n) is 20.0. The molecule has 0 spiro atoms. The summed E-state index contributed by atoms with van der Waals surface area (Å²) < 4.78 is 54.0. The summed E-state index contributed by atoms with van der Waals surface area (Å²) >= 11 is 0. The molecule has 2 heterocycles. The van der Waals surface area contributed by atoms with Crippen molar-refractivity contribution >= 4 is 56.8 Å². The van der Waals surface area contributed by atoms with Crippen LogP contribution in [0.3, 0.4) is 0 Å². The molecule has 0 aliphatic rings. The Morgan fingerprint density at radius 1 is 0.526 bits per heavy atom. The van der Waals surface area contributed by atoms with Crippen LogP contribution >= 0.6 is 0 Å². The van der Waals surface area contributed by atoms with Crippen LogP contribution in [0.4, 0.5) is 4.79 Å². The van der Waals surface area contributed by atoms with Crippen LogP contribution in [0, 0.1) is 59.2 Å². The fraction of sp³-hybridized carbons (Fsp3) is 0.617. The lowest BCUT2D eigenvalue weighted by atomic mass is 9.81. The topological polar surface area (TPSA) is 188 Å². The number of amides is 1. The van der Waals surface area contributed by atoms with Crippen LogP contribution in [-0.4, -0.2) is 92.3 Å². The number of nitrogens with two attached hydrogens (primary N) is 1. The van der Waals surface area contributed by atoms with Gasteiger partial charge in [-0.1, -0.05) is 221 Å². The zero-order valence-corrected chi connectivity index (χ0v) is 66.5. The number of hydrogen-bond acceptors (Lipinski definition) is 13. The maximum atomic E-state index is 12.1. The number of aliphatic hydroxyl groups excluding tert-OH is 1. The molecule has 16 atom stereocenters. The van der Waals surface area contributed by atoms with Gasteiger partial charge in [-0.15, -0.1) is 0 Å². The number of hydrogen-bond donors (Lipinski definition) is 2. The first-order valence-corrected chi connectivity index (χ1v) is 41.4. The van der Waals surface area contributed by atoms with Crippen molar-refractivity contribution < 1.29 is 51.3 Å². The number of carbonyl (C=O) groups is 1. The van der Waals surface area contributed by atoms with Crippen LogP contribution in [0.25, 0.3) is 34.1 Å². The summed E-state index contributed by atoms with van der Waals surface area (Å²) in [4.78, 5) is 35.5. The Morgan fingerprint density at radius 2 is 0.887 bits per heavy atom. The lowest BCUT2D eigenvalue weighted by Gasteiger charge is -2.44. The van der Waals surface area contributed by atoms with Gasteiger partial charge in [0.05, 0.1) is 30.5 Å². The largest absolute Gasteiger partial charge is 0.445 e. The van der Waals surface area contributed by atoms with E-state index in [1.165, 1.54) is 23.3 Å². The van der Waals surface area contributed by atoms with Crippen molar-refractivity contribution in [2.45, 2.75) is 237 Å². The van der Waals surface area contributed by atoms with E-state index in [2.05, 4.69) is 219 Å². The number of carbonyl (C=O) groups excluding carboxylic acids is 1. The van der Waals surface area contributed by atoms with E-state index < -0.39 is 34.9 Å². The van der Waals surface area contributed by atoms with Gasteiger partial charge in [-0.2, -0.15) is 0 Å². The Bertz CT molecular complexity index is 3320. The Balaban J connectivity index is 0.000000506. The van der Waals surface area contributed by atoms with E-state index in [0.717, 1.165) is 47.6 Å². The van der Waals surface area contributed by atoms with Crippen LogP contribution in [0.1, 0.15) is 175 Å². The van der Waals surface area contributed by atoms with Crippen molar-refractivity contribution in [2.75, 3.05) is 27.8 Å². The monoisotopic (exact) mass is 1380 g/mol. The van der Waals surface area contributed by atoms with Crippen LogP contribution in [0.2, 0.25) is 36.3 Å². The number of benzene rings is 2. The molecule has 0 saturated heterocycles. The van der Waals surface area contributed by atoms with E-state index in [4.69, 9.17) is 47.1 Å². The SMILES string of the molecule is CC/C=C\C(C)[C@H](O)[C@@H](C)[C@H](O[Si](C)(C)C(C)(C)C)[C@@H](C)C/C(C)=C\[C@H](C)[C@@H](OCOC)C(C)/C=C\c1ccc2ccc(=O)oc2c1.CC/C=C\C(C)[C@H](OC(N)=O)[C@@H](C)[C@H](O[Si](C)(C)C(C)(C)C)[C@@H](C)C/C(C)=C\[C@H](C)[C@@H](OCOC)C(C)/C=C\c1ccc2ccc(=O)oc2c1. The fourth-order valence-corrected chi connectivity index (χ4v) is 15.5. The molecule has 0 radical (unpaired) electrons. The molecular formula is C81H129NO13Si2. The van der Waals surface area contributed by atoms with Crippen molar-refractivity contribution in [3.8, 4) is 0 Å². The normalized spacial score (nSPS) is 18.4. The average molecular weight is 1380 g/mol. The second-order valence-electron chi connectivity index (χ2n) is 30.9. The van der Waals surface area contributed by atoms with E-state index in [-0.39, 0.29) is 119 Å². The highest BCUT2D eigenvalue weighted by Crippen LogP contribution is 2.43. The van der Waals surface area contributed by atoms with Gasteiger partial charge in [0.15, 0.2) is 16.6 Å². The molecule has 0 aliphatic carbocycles. The summed E-state index contributed by atoms with van der Waals surface area (Å²) in [5.41, 5.74) is 10.4. The Morgan fingerprint density at radius 3 is 1.25 bits per heavy atom. The predicted molar refractivity (Wildman–Crippen MR) is 408 cm³/mol. The smallest absolute Gasteiger partial charge is 0.404 e. The van der Waals surface area contributed by atoms with Crippen molar-refractivity contribution in [3.05, 3.63) is 152 Å². The first-order chi connectivity index (χ1) is 45.2. The standard InChI is InChI=1S/C41H65NO7Si.C40H64O6Si/c1-14-15-16-28(3)38(48-40(42)44)32(7)39(49-50(12,13)41(8,9)10)31(6)24-27(2)23-30(5)37(46-26-45-11)29(4)17-18-33-19-20-34-21-22-36(43)47-35(34)25-33;1-14-15-16-28(3)37(42)32(7)39(46-47(12,13)40(8,9)10)31(6)24-27(2)23-30(5)38(44-26-43-11)29(4)17-18-33-19-20-34-21-22-36(41)45-35(34)25-33/h15-23,25,28-32,37-39H,14,24,26H2,1-13H3,(H2,42,44);15-23,25,28-32,37-39,42H,14,24,26H2,1-13H3/b2*16-15-,18-17-,27-23-/t2*28?,29?,30-,31-,32+,37-,38-,39+/m00/s1. The lowest BCUT2D eigenvalue weighted by Crippen LogP contribution is -2.50. The highest BCUT2D eigenvalue weighted by molar-refractivity contribution is 6.74. The van der Waals surface area contributed by atoms with Crippen molar-refractivity contribution in [2.24, 2.45) is 64.9 Å². The molecule has 4 unspecified atom stereocenters. The van der Waals surface area contributed by atoms with Gasteiger partial charge in [0.25, 0.3) is 0 Å². The number of rotatable bonds is 37. The lowest BCUT2D eigenvalue weighted by molar-refractivity contribution is -0.0948. The summed E-state index contributed by atoms with van der Waals surface area (Å²) in [6, 6.07) is 18.1. The Labute approximate surface area is 587 Å². The van der Waals surface area contributed by atoms with E-state index in [1.807, 2.05) is 42.5 Å². The molecule has 4 aromatic rings. The van der Waals surface area contributed by atoms with Gasteiger partial charge in [-0.3, -0.25) is 0 Å². The maximum absolute atomic E-state index is 12.1. The van der Waals surface area contributed by atoms with Gasteiger partial charge in [0.1, 0.15) is 30.9 Å². The van der Waals surface area contributed by atoms with Gasteiger partial charge in [-0.05, 0) is 123 Å². The van der Waals surface area contributed by atoms with E-state index >= 15 is 0 Å². The highest BCUT2D eigenvalue weighted by Gasteiger charge is 2.45. The van der Waals surface area contributed by atoms with Crippen molar-refractivity contribution in [1.29, 1.82) is 0 Å². The van der Waals surface area contributed by atoms with Crippen LogP contribution in [0.5, 0.6) is 0 Å². The third kappa shape index (κ3) is 27.6. The number of ether oxygens (including phenoxy) is 5. The minimum absolute atomic E-state index is 0.00796. The van der Waals surface area contributed by atoms with Gasteiger partial charge in [-0.25, -0.2) is 14.4 Å². The molecule has 0 bridgehead atoms. The molecule has 14 nitrogen and oxygen atoms in total. The summed E-state index contributed by atoms with van der Waals surface area (Å²) in [6.07, 6.45) is 22.8. The number of aliphatic hydroxyl groups is 1. The first-order valence-electron chi connectivity index (χ1n) is 35.6. The molecule has 0 aliphatic heterocycles. The number of allylic oxidation sites excluding steroid dienone is 4. The van der Waals surface area contributed by atoms with Crippen molar-refractivity contribution in [3.63, 3.8) is 0 Å². The quantitative estimate of drug-likeness (QED) is 0.0188. The summed E-state index contributed by atoms with van der Waals surface area (Å²) in [6.45, 7) is 53.3. The average Bonchev–Trinajstić information content (AvgIpc) is 0.821. The molecule has 0 fully saturated rings. The minimum atomic E-state index is -2.20. The van der Waals surface area contributed by atoms with E-state index in [9.17, 15) is 19.5 Å². The Kier molecular flexibility index (Phi) is 35.7. The number of fused-ring (bicyclic) bond motifs is 2. The van der Waals surface area contributed by atoms with Gasteiger partial charge in [0.2, 0.25) is 0 Å². The van der Waals surface area contributed by atoms with Crippen LogP contribution in [0.15, 0.2) is 139 Å². The van der Waals surface area contributed by atoms with Crippen molar-refractivity contribution in [1.82, 2.24) is 0 Å². The van der Waals surface area contributed by atoms with Gasteiger partial charge in [0, 0.05) is 84.5 Å². The highest BCUT2D eigenvalue weighted by atomic mass is 28.4. The van der Waals surface area contributed by atoms with E-state index in [0.29, 0.717) is 11.2 Å². The first kappa shape index (κ1) is 85.9. The summed E-state index contributed by atoms with van der Waals surface area (Å²) in [7, 11) is -1.02. The summed E-state index contributed by atoms with van der Waals surface area (Å²) in [5.74, 6) is 0.598. The zero-order chi connectivity index (χ0) is 73.3. The maximum Gasteiger partial charge on any atom is 0.404 e. The minimum Gasteiger partial charge on any atom is -0.445 e. The second kappa shape index (κ2) is 40.2. The van der Waals surface area contributed by atoms with Crippen LogP contribution in [-0.2, 0) is 32.5 Å². The van der Waals surface area contributed by atoms with E-state index in [1.54, 1.807) is 26.4 Å². The molecule has 0 saturated carbocycles. The molecule has 16 heteroatoms. The molecule has 544 valence electrons. The Hall–Kier alpha value is -5.28. The van der Waals surface area contributed by atoms with Crippen LogP contribution < -0.4 is 17.0 Å². The van der Waals surface area contributed by atoms with Gasteiger partial charge >= 0.3 is 17.3 Å². The predicted octanol–water partition coefficient (Wildman–Crippen LogP) is 20.2. The fourth-order valence-electron chi connectivity index (χ4n) is 12.6. The molecule has 1 amide bonds. The van der Waals surface area contributed by atoms with Gasteiger partial charge < -0.3 is 52.2 Å². The second-order valence-corrected chi connectivity index (χ2v) is 40.4. The molecule has 2 aromatic heterocycles. The molecule has 97 heavy (non-hydrogen) atoms. The summed E-state index contributed by atoms with van der Waals surface area (Å²) in [5, 5.41) is 13.3. The number of primary amides is 1. The number of methoxy groups -OCH3 is 2. The molecular weight excluding hydrogens is 1250 g/mol. The molecule has 2 aromatic carbocycles.